The summed E-state index contributed by atoms with van der Waals surface area (Å²) in [4.78, 5) is 18.6. The van der Waals surface area contributed by atoms with Gasteiger partial charge in [-0.05, 0) is 36.8 Å². The normalized spacial score (nSPS) is 11.2. The second-order valence-electron chi connectivity index (χ2n) is 7.70. The molecule has 0 fully saturated rings. The zero-order chi connectivity index (χ0) is 23.4. The van der Waals surface area contributed by atoms with Gasteiger partial charge < -0.3 is 5.32 Å². The number of hydrogen-bond acceptors (Lipinski definition) is 5. The molecule has 0 atom stereocenters. The molecule has 4 aromatic rings. The number of carbonyl (C=O) groups excluding carboxylic acids is 1. The average Bonchev–Trinajstić information content (AvgIpc) is 3.19. The predicted octanol–water partition coefficient (Wildman–Crippen LogP) is 5.34. The van der Waals surface area contributed by atoms with Crippen molar-refractivity contribution < 1.29 is 13.2 Å². The maximum absolute atomic E-state index is 12.8. The number of nitrogens with one attached hydrogen (secondary N) is 2. The van der Waals surface area contributed by atoms with Gasteiger partial charge in [-0.25, -0.2) is 13.4 Å². The van der Waals surface area contributed by atoms with Crippen molar-refractivity contribution in [3.8, 4) is 21.0 Å². The van der Waals surface area contributed by atoms with E-state index >= 15 is 0 Å². The summed E-state index contributed by atoms with van der Waals surface area (Å²) in [7, 11) is -3.35. The molecule has 2 N–H and O–H groups in total. The fraction of sp³-hybridized carbons (Fsp3) is 0.120. The van der Waals surface area contributed by atoms with Gasteiger partial charge in [0.15, 0.2) is 0 Å². The van der Waals surface area contributed by atoms with Gasteiger partial charge in [-0.1, -0.05) is 60.2 Å². The molecule has 0 unspecified atom stereocenters. The first-order valence-electron chi connectivity index (χ1n) is 10.3. The molecule has 168 valence electrons. The Morgan fingerprint density at radius 1 is 0.879 bits per heavy atom. The minimum atomic E-state index is -3.35. The van der Waals surface area contributed by atoms with Crippen molar-refractivity contribution >= 4 is 38.6 Å². The highest BCUT2D eigenvalue weighted by Crippen LogP contribution is 2.36. The van der Waals surface area contributed by atoms with Crippen molar-refractivity contribution in [1.82, 2.24) is 4.98 Å². The average molecular weight is 478 g/mol. The van der Waals surface area contributed by atoms with Crippen molar-refractivity contribution in [2.75, 3.05) is 16.3 Å². The van der Waals surface area contributed by atoms with Gasteiger partial charge in [-0.3, -0.25) is 9.52 Å². The summed E-state index contributed by atoms with van der Waals surface area (Å²) >= 11 is 1.57. The predicted molar refractivity (Wildman–Crippen MR) is 135 cm³/mol. The third-order valence-corrected chi connectivity index (χ3v) is 6.63. The van der Waals surface area contributed by atoms with Gasteiger partial charge in [0.25, 0.3) is 0 Å². The van der Waals surface area contributed by atoms with Gasteiger partial charge in [0.2, 0.25) is 15.9 Å². The number of rotatable bonds is 7. The van der Waals surface area contributed by atoms with Gasteiger partial charge in [0.1, 0.15) is 5.01 Å². The molecule has 0 bridgehead atoms. The molecule has 8 heteroatoms. The summed E-state index contributed by atoms with van der Waals surface area (Å²) in [5.74, 6) is -0.197. The SMILES string of the molecule is Cc1ccc(-c2sc(-c3ccccc3)nc2CC(=O)Nc2ccc(NS(C)(=O)=O)cc2)cc1. The maximum atomic E-state index is 12.8. The molecule has 1 heterocycles. The Hall–Kier alpha value is -3.49. The van der Waals surface area contributed by atoms with Crippen LogP contribution in [0, 0.1) is 6.92 Å². The summed E-state index contributed by atoms with van der Waals surface area (Å²) in [6.07, 6.45) is 1.21. The highest BCUT2D eigenvalue weighted by molar-refractivity contribution is 7.92. The Morgan fingerprint density at radius 2 is 1.52 bits per heavy atom. The van der Waals surface area contributed by atoms with Crippen molar-refractivity contribution in [2.24, 2.45) is 0 Å². The number of hydrogen-bond donors (Lipinski definition) is 2. The first-order valence-corrected chi connectivity index (χ1v) is 13.0. The third kappa shape index (κ3) is 6.06. The molecule has 3 aromatic carbocycles. The van der Waals surface area contributed by atoms with Gasteiger partial charge in [-0.15, -0.1) is 11.3 Å². The summed E-state index contributed by atoms with van der Waals surface area (Å²) in [6.45, 7) is 2.04. The fourth-order valence-corrected chi connectivity index (χ4v) is 4.96. The lowest BCUT2D eigenvalue weighted by Crippen LogP contribution is -2.15. The Morgan fingerprint density at radius 3 is 2.15 bits per heavy atom. The minimum absolute atomic E-state index is 0.121. The number of anilines is 2. The van der Waals surface area contributed by atoms with Gasteiger partial charge in [0, 0.05) is 16.9 Å². The first-order chi connectivity index (χ1) is 15.8. The molecule has 33 heavy (non-hydrogen) atoms. The second-order valence-corrected chi connectivity index (χ2v) is 10.5. The van der Waals surface area contributed by atoms with E-state index in [0.29, 0.717) is 11.4 Å². The van der Waals surface area contributed by atoms with Crippen molar-refractivity contribution in [3.63, 3.8) is 0 Å². The number of thiazole rings is 1. The van der Waals surface area contributed by atoms with Crippen molar-refractivity contribution in [2.45, 2.75) is 13.3 Å². The fourth-order valence-electron chi connectivity index (χ4n) is 3.30. The van der Waals surface area contributed by atoms with Crippen LogP contribution in [0.2, 0.25) is 0 Å². The quantitative estimate of drug-likeness (QED) is 0.376. The van der Waals surface area contributed by atoms with Gasteiger partial charge in [-0.2, -0.15) is 0 Å². The smallest absolute Gasteiger partial charge is 0.230 e. The van der Waals surface area contributed by atoms with Crippen LogP contribution in [0.25, 0.3) is 21.0 Å². The van der Waals surface area contributed by atoms with Crippen LogP contribution in [0.15, 0.2) is 78.9 Å². The highest BCUT2D eigenvalue weighted by atomic mass is 32.2. The molecule has 0 saturated heterocycles. The zero-order valence-electron chi connectivity index (χ0n) is 18.2. The molecule has 6 nitrogen and oxygen atoms in total. The second kappa shape index (κ2) is 9.56. The van der Waals surface area contributed by atoms with Gasteiger partial charge >= 0.3 is 0 Å². The van der Waals surface area contributed by atoms with Crippen LogP contribution in [-0.2, 0) is 21.2 Å². The summed E-state index contributed by atoms with van der Waals surface area (Å²) in [5, 5.41) is 3.73. The van der Waals surface area contributed by atoms with Crippen LogP contribution in [0.4, 0.5) is 11.4 Å². The molecule has 0 aliphatic carbocycles. The molecule has 1 amide bonds. The van der Waals surface area contributed by atoms with E-state index in [4.69, 9.17) is 4.98 Å². The monoisotopic (exact) mass is 477 g/mol. The summed E-state index contributed by atoms with van der Waals surface area (Å²) < 4.78 is 25.1. The van der Waals surface area contributed by atoms with Crippen LogP contribution in [0.1, 0.15) is 11.3 Å². The van der Waals surface area contributed by atoms with Crippen LogP contribution >= 0.6 is 11.3 Å². The molecule has 0 radical (unpaired) electrons. The lowest BCUT2D eigenvalue weighted by atomic mass is 10.1. The van der Waals surface area contributed by atoms with E-state index in [2.05, 4.69) is 10.0 Å². The molecular weight excluding hydrogens is 454 g/mol. The maximum Gasteiger partial charge on any atom is 0.230 e. The number of aryl methyl sites for hydroxylation is 1. The Bertz CT molecular complexity index is 1360. The van der Waals surface area contributed by atoms with E-state index in [1.165, 1.54) is 5.56 Å². The van der Waals surface area contributed by atoms with E-state index in [9.17, 15) is 13.2 Å². The van der Waals surface area contributed by atoms with Gasteiger partial charge in [0.05, 0.1) is 23.2 Å². The third-order valence-electron chi connectivity index (χ3n) is 4.83. The topological polar surface area (TPSA) is 88.2 Å². The number of nitrogens with zero attached hydrogens (tertiary/aromatic N) is 1. The van der Waals surface area contributed by atoms with E-state index < -0.39 is 10.0 Å². The Kier molecular flexibility index (Phi) is 6.57. The van der Waals surface area contributed by atoms with Crippen LogP contribution in [0.3, 0.4) is 0 Å². The first kappa shape index (κ1) is 22.7. The Labute approximate surface area is 197 Å². The number of benzene rings is 3. The van der Waals surface area contributed by atoms with Crippen LogP contribution in [-0.4, -0.2) is 25.6 Å². The minimum Gasteiger partial charge on any atom is -0.326 e. The van der Waals surface area contributed by atoms with E-state index in [0.717, 1.165) is 33.0 Å². The largest absolute Gasteiger partial charge is 0.326 e. The molecular formula is C25H23N3O3S2. The highest BCUT2D eigenvalue weighted by Gasteiger charge is 2.17. The standard InChI is InChI=1S/C25H23N3O3S2/c1-17-8-10-18(11-9-17)24-22(27-25(32-24)19-6-4-3-5-7-19)16-23(29)26-20-12-14-21(15-13-20)28-33(2,30)31/h3-15,28H,16H2,1-2H3,(H,26,29). The number of carbonyl (C=O) groups is 1. The Balaban J connectivity index is 1.56. The van der Waals surface area contributed by atoms with Crippen molar-refractivity contribution in [1.29, 1.82) is 0 Å². The molecule has 1 aromatic heterocycles. The molecule has 4 rings (SSSR count). The molecule has 0 aliphatic heterocycles. The molecule has 0 aliphatic rings. The lowest BCUT2D eigenvalue weighted by molar-refractivity contribution is -0.115. The number of aromatic nitrogens is 1. The lowest BCUT2D eigenvalue weighted by Gasteiger charge is -2.08. The van der Waals surface area contributed by atoms with Crippen molar-refractivity contribution in [3.05, 3.63) is 90.1 Å². The number of amides is 1. The van der Waals surface area contributed by atoms with Crippen LogP contribution in [0.5, 0.6) is 0 Å². The zero-order valence-corrected chi connectivity index (χ0v) is 19.8. The summed E-state index contributed by atoms with van der Waals surface area (Å²) in [6, 6.07) is 24.6. The van der Waals surface area contributed by atoms with E-state index in [1.807, 2.05) is 61.5 Å². The molecule has 0 saturated carbocycles. The number of sulfonamides is 1. The molecule has 0 spiro atoms. The van der Waals surface area contributed by atoms with E-state index in [-0.39, 0.29) is 12.3 Å². The van der Waals surface area contributed by atoms with E-state index in [1.54, 1.807) is 35.6 Å². The summed E-state index contributed by atoms with van der Waals surface area (Å²) in [5.41, 5.74) is 4.93. The van der Waals surface area contributed by atoms with Crippen LogP contribution < -0.4 is 10.0 Å².